The summed E-state index contributed by atoms with van der Waals surface area (Å²) in [4.78, 5) is 6.43. The molecule has 1 aromatic rings. The Balaban J connectivity index is 1.76. The molecule has 2 nitrogen and oxygen atoms in total. The van der Waals surface area contributed by atoms with Gasteiger partial charge in [-0.15, -0.1) is 11.3 Å². The molecule has 1 unspecified atom stereocenters. The van der Waals surface area contributed by atoms with Gasteiger partial charge < -0.3 is 5.32 Å². The quantitative estimate of drug-likeness (QED) is 0.850. The molecule has 0 saturated heterocycles. The fourth-order valence-electron chi connectivity index (χ4n) is 2.53. The Labute approximate surface area is 101 Å². The summed E-state index contributed by atoms with van der Waals surface area (Å²) in [5.74, 6) is 0.873. The minimum absolute atomic E-state index is 0.565. The molecule has 1 fully saturated rings. The van der Waals surface area contributed by atoms with Crippen molar-refractivity contribution in [2.75, 3.05) is 6.54 Å². The zero-order chi connectivity index (χ0) is 11.0. The van der Waals surface area contributed by atoms with Gasteiger partial charge in [-0.3, -0.25) is 0 Å². The molecule has 1 N–H and O–H groups in total. The number of rotatable bonds is 5. The van der Waals surface area contributed by atoms with Crippen LogP contribution in [0, 0.1) is 5.92 Å². The molecule has 2 aliphatic rings. The number of nitrogens with one attached hydrogen (secondary N) is 1. The molecule has 1 atom stereocenters. The van der Waals surface area contributed by atoms with Crippen LogP contribution in [0.2, 0.25) is 0 Å². The van der Waals surface area contributed by atoms with Gasteiger partial charge in [-0.1, -0.05) is 6.92 Å². The summed E-state index contributed by atoms with van der Waals surface area (Å²) >= 11 is 1.98. The lowest BCUT2D eigenvalue weighted by atomic mass is 10.2. The number of thiazole rings is 1. The van der Waals surface area contributed by atoms with Crippen molar-refractivity contribution in [1.82, 2.24) is 10.3 Å². The van der Waals surface area contributed by atoms with Crippen LogP contribution >= 0.6 is 11.3 Å². The summed E-state index contributed by atoms with van der Waals surface area (Å²) in [5, 5.41) is 5.06. The van der Waals surface area contributed by atoms with E-state index >= 15 is 0 Å². The SMILES string of the molecule is CCCNC(c1nc2c(s1)CCC2)C1CC1. The average molecular weight is 236 g/mol. The smallest absolute Gasteiger partial charge is 0.110 e. The van der Waals surface area contributed by atoms with Crippen molar-refractivity contribution in [2.24, 2.45) is 5.92 Å². The van der Waals surface area contributed by atoms with Crippen LogP contribution in [0.1, 0.15) is 54.2 Å². The first kappa shape index (κ1) is 10.7. The lowest BCUT2D eigenvalue weighted by Gasteiger charge is -2.15. The van der Waals surface area contributed by atoms with E-state index < -0.39 is 0 Å². The summed E-state index contributed by atoms with van der Waals surface area (Å²) in [5.41, 5.74) is 1.41. The van der Waals surface area contributed by atoms with Gasteiger partial charge in [0.1, 0.15) is 5.01 Å². The van der Waals surface area contributed by atoms with Crippen molar-refractivity contribution in [3.63, 3.8) is 0 Å². The summed E-state index contributed by atoms with van der Waals surface area (Å²) < 4.78 is 0. The van der Waals surface area contributed by atoms with Gasteiger partial charge >= 0.3 is 0 Å². The molecule has 0 spiro atoms. The van der Waals surface area contributed by atoms with E-state index in [9.17, 15) is 0 Å². The van der Waals surface area contributed by atoms with Crippen molar-refractivity contribution in [1.29, 1.82) is 0 Å². The Bertz CT molecular complexity index is 347. The molecule has 0 aromatic carbocycles. The van der Waals surface area contributed by atoms with E-state index in [1.54, 1.807) is 4.88 Å². The molecular formula is C13H20N2S. The summed E-state index contributed by atoms with van der Waals surface area (Å²) in [6.45, 7) is 3.37. The Hall–Kier alpha value is -0.410. The molecule has 0 radical (unpaired) electrons. The molecule has 2 aliphatic carbocycles. The third-order valence-electron chi connectivity index (χ3n) is 3.59. The van der Waals surface area contributed by atoms with Gasteiger partial charge in [0.25, 0.3) is 0 Å². The van der Waals surface area contributed by atoms with Gasteiger partial charge in [0.15, 0.2) is 0 Å². The fourth-order valence-corrected chi connectivity index (χ4v) is 3.85. The molecule has 0 aliphatic heterocycles. The van der Waals surface area contributed by atoms with Crippen LogP contribution in [-0.2, 0) is 12.8 Å². The highest BCUT2D eigenvalue weighted by Gasteiger charge is 2.34. The highest BCUT2D eigenvalue weighted by Crippen LogP contribution is 2.43. The van der Waals surface area contributed by atoms with Crippen LogP contribution in [0.4, 0.5) is 0 Å². The van der Waals surface area contributed by atoms with Gasteiger partial charge in [0, 0.05) is 4.88 Å². The molecule has 1 saturated carbocycles. The Morgan fingerprint density at radius 2 is 2.31 bits per heavy atom. The van der Waals surface area contributed by atoms with E-state index in [-0.39, 0.29) is 0 Å². The standard InChI is InChI=1S/C13H20N2S/c1-2-8-14-12(9-6-7-9)13-15-10-4-3-5-11(10)16-13/h9,12,14H,2-8H2,1H3. The fraction of sp³-hybridized carbons (Fsp3) is 0.769. The number of aryl methyl sites for hydroxylation is 2. The third-order valence-corrected chi connectivity index (χ3v) is 4.83. The number of hydrogen-bond donors (Lipinski definition) is 1. The summed E-state index contributed by atoms with van der Waals surface area (Å²) in [6, 6.07) is 0.565. The highest BCUT2D eigenvalue weighted by atomic mass is 32.1. The summed E-state index contributed by atoms with van der Waals surface area (Å²) in [7, 11) is 0. The van der Waals surface area contributed by atoms with Gasteiger partial charge in [-0.05, 0) is 51.0 Å². The van der Waals surface area contributed by atoms with Crippen molar-refractivity contribution in [3.05, 3.63) is 15.6 Å². The lowest BCUT2D eigenvalue weighted by molar-refractivity contribution is 0.478. The monoisotopic (exact) mass is 236 g/mol. The second kappa shape index (κ2) is 4.46. The van der Waals surface area contributed by atoms with E-state index in [1.165, 1.54) is 49.2 Å². The third kappa shape index (κ3) is 2.03. The minimum Gasteiger partial charge on any atom is -0.308 e. The Morgan fingerprint density at radius 3 is 3.00 bits per heavy atom. The minimum atomic E-state index is 0.565. The molecule has 88 valence electrons. The van der Waals surface area contributed by atoms with Gasteiger partial charge in [0.05, 0.1) is 11.7 Å². The molecule has 3 heteroatoms. The number of hydrogen-bond acceptors (Lipinski definition) is 3. The maximum atomic E-state index is 4.86. The molecule has 0 amide bonds. The predicted molar refractivity (Wildman–Crippen MR) is 67.9 cm³/mol. The topological polar surface area (TPSA) is 24.9 Å². The van der Waals surface area contributed by atoms with E-state index in [0.717, 1.165) is 12.5 Å². The van der Waals surface area contributed by atoms with Crippen molar-refractivity contribution < 1.29 is 0 Å². The van der Waals surface area contributed by atoms with Crippen LogP contribution in [-0.4, -0.2) is 11.5 Å². The molecule has 16 heavy (non-hydrogen) atoms. The normalized spacial score (nSPS) is 21.1. The van der Waals surface area contributed by atoms with E-state index in [4.69, 9.17) is 4.98 Å². The van der Waals surface area contributed by atoms with Gasteiger partial charge in [-0.2, -0.15) is 0 Å². The Morgan fingerprint density at radius 1 is 1.44 bits per heavy atom. The van der Waals surface area contributed by atoms with Crippen LogP contribution in [0.5, 0.6) is 0 Å². The molecule has 1 aromatic heterocycles. The molecule has 1 heterocycles. The molecular weight excluding hydrogens is 216 g/mol. The maximum Gasteiger partial charge on any atom is 0.110 e. The first-order chi connectivity index (χ1) is 7.88. The van der Waals surface area contributed by atoms with Crippen LogP contribution in [0.3, 0.4) is 0 Å². The van der Waals surface area contributed by atoms with Crippen molar-refractivity contribution >= 4 is 11.3 Å². The van der Waals surface area contributed by atoms with Crippen molar-refractivity contribution in [2.45, 2.75) is 51.5 Å². The zero-order valence-electron chi connectivity index (χ0n) is 9.96. The van der Waals surface area contributed by atoms with Crippen molar-refractivity contribution in [3.8, 4) is 0 Å². The summed E-state index contributed by atoms with van der Waals surface area (Å²) in [6.07, 6.45) is 7.83. The average Bonchev–Trinajstić information content (AvgIpc) is 2.87. The predicted octanol–water partition coefficient (Wildman–Crippen LogP) is 3.08. The number of fused-ring (bicyclic) bond motifs is 1. The number of aromatic nitrogens is 1. The van der Waals surface area contributed by atoms with E-state index in [2.05, 4.69) is 12.2 Å². The second-order valence-corrected chi connectivity index (χ2v) is 6.16. The first-order valence-corrected chi connectivity index (χ1v) is 7.42. The van der Waals surface area contributed by atoms with Crippen LogP contribution < -0.4 is 5.32 Å². The van der Waals surface area contributed by atoms with Gasteiger partial charge in [-0.25, -0.2) is 4.98 Å². The Kier molecular flexibility index (Phi) is 2.99. The van der Waals surface area contributed by atoms with Gasteiger partial charge in [0.2, 0.25) is 0 Å². The van der Waals surface area contributed by atoms with Crippen LogP contribution in [0.15, 0.2) is 0 Å². The molecule has 3 rings (SSSR count). The highest BCUT2D eigenvalue weighted by molar-refractivity contribution is 7.11. The first-order valence-electron chi connectivity index (χ1n) is 6.60. The maximum absolute atomic E-state index is 4.86. The van der Waals surface area contributed by atoms with Crippen LogP contribution in [0.25, 0.3) is 0 Å². The second-order valence-electron chi connectivity index (χ2n) is 5.04. The van der Waals surface area contributed by atoms with E-state index in [0.29, 0.717) is 6.04 Å². The zero-order valence-corrected chi connectivity index (χ0v) is 10.8. The molecule has 0 bridgehead atoms. The number of nitrogens with zero attached hydrogens (tertiary/aromatic N) is 1. The van der Waals surface area contributed by atoms with E-state index in [1.807, 2.05) is 11.3 Å². The lowest BCUT2D eigenvalue weighted by Crippen LogP contribution is -2.23. The largest absolute Gasteiger partial charge is 0.308 e.